The molecule has 0 spiro atoms. The Morgan fingerprint density at radius 1 is 1.12 bits per heavy atom. The Morgan fingerprint density at radius 2 is 1.79 bits per heavy atom. The van der Waals surface area contributed by atoms with Crippen molar-refractivity contribution < 1.29 is 23.6 Å². The lowest BCUT2D eigenvalue weighted by Crippen LogP contribution is -2.36. The minimum absolute atomic E-state index is 0.0388. The Balaban J connectivity index is 1.70. The van der Waals surface area contributed by atoms with Crippen molar-refractivity contribution in [2.24, 2.45) is 4.36 Å². The molecule has 34 heavy (non-hydrogen) atoms. The molecule has 0 saturated carbocycles. The van der Waals surface area contributed by atoms with Crippen LogP contribution in [0.5, 0.6) is 0 Å². The van der Waals surface area contributed by atoms with E-state index in [4.69, 9.17) is 4.74 Å². The van der Waals surface area contributed by atoms with Crippen molar-refractivity contribution in [3.05, 3.63) is 39.5 Å². The fraction of sp³-hybridized carbons (Fsp3) is 0.522. The molecule has 184 valence electrons. The lowest BCUT2D eigenvalue weighted by atomic mass is 9.83. The molecule has 1 aromatic heterocycles. The number of rotatable bonds is 4. The first-order valence-corrected chi connectivity index (χ1v) is 13.5. The molecule has 3 amide bonds. The maximum Gasteiger partial charge on any atom is 0.420 e. The van der Waals surface area contributed by atoms with E-state index < -0.39 is 33.2 Å². The number of urea groups is 1. The van der Waals surface area contributed by atoms with Crippen LogP contribution in [0.2, 0.25) is 0 Å². The van der Waals surface area contributed by atoms with Gasteiger partial charge in [-0.3, -0.25) is 0 Å². The summed E-state index contributed by atoms with van der Waals surface area (Å²) in [5.74, 6) is 0. The van der Waals surface area contributed by atoms with Crippen LogP contribution in [0.3, 0.4) is 0 Å². The molecule has 1 heterocycles. The van der Waals surface area contributed by atoms with E-state index in [1.807, 2.05) is 0 Å². The van der Waals surface area contributed by atoms with Crippen molar-refractivity contribution >= 4 is 39.1 Å². The van der Waals surface area contributed by atoms with E-state index >= 15 is 0 Å². The molecule has 2 aliphatic carbocycles. The van der Waals surface area contributed by atoms with Crippen LogP contribution >= 0.6 is 11.3 Å². The van der Waals surface area contributed by atoms with E-state index in [0.29, 0.717) is 0 Å². The number of amides is 3. The predicted octanol–water partition coefficient (Wildman–Crippen LogP) is 4.46. The summed E-state index contributed by atoms with van der Waals surface area (Å²) in [6, 6.07) is 1.39. The molecule has 0 aliphatic heterocycles. The minimum Gasteiger partial charge on any atom is -0.443 e. The molecule has 4 rings (SSSR count). The van der Waals surface area contributed by atoms with Gasteiger partial charge in [-0.1, -0.05) is 6.07 Å². The fourth-order valence-corrected chi connectivity index (χ4v) is 6.60. The summed E-state index contributed by atoms with van der Waals surface area (Å²) in [6.07, 6.45) is 4.98. The van der Waals surface area contributed by atoms with Crippen LogP contribution in [0.4, 0.5) is 15.3 Å². The summed E-state index contributed by atoms with van der Waals surface area (Å²) in [5.41, 5.74) is 3.29. The van der Waals surface area contributed by atoms with Gasteiger partial charge in [-0.2, -0.15) is 0 Å². The van der Waals surface area contributed by atoms with Gasteiger partial charge in [0, 0.05) is 5.69 Å². The number of aromatic nitrogens is 1. The third-order valence-electron chi connectivity index (χ3n) is 5.59. The lowest BCUT2D eigenvalue weighted by Gasteiger charge is -2.25. The monoisotopic (exact) mass is 506 g/mol. The van der Waals surface area contributed by atoms with Gasteiger partial charge >= 0.3 is 12.1 Å². The first kappa shape index (κ1) is 24.6. The van der Waals surface area contributed by atoms with Crippen LogP contribution in [0.25, 0.3) is 0 Å². The normalized spacial score (nSPS) is 16.5. The number of aryl methyl sites for hydroxylation is 2. The zero-order chi connectivity index (χ0) is 24.9. The number of aliphatic hydroxyl groups is 1. The number of carbonyl (C=O) groups excluding carboxylic acids is 2. The van der Waals surface area contributed by atoms with Crippen LogP contribution < -0.4 is 10.0 Å². The van der Waals surface area contributed by atoms with Crippen LogP contribution in [-0.2, 0) is 45.9 Å². The third kappa shape index (κ3) is 5.11. The van der Waals surface area contributed by atoms with Crippen molar-refractivity contribution in [2.45, 2.75) is 82.1 Å². The van der Waals surface area contributed by atoms with E-state index in [9.17, 15) is 18.9 Å². The van der Waals surface area contributed by atoms with Gasteiger partial charge in [0.05, 0.1) is 6.20 Å². The van der Waals surface area contributed by atoms with Gasteiger partial charge in [0.1, 0.15) is 20.4 Å². The van der Waals surface area contributed by atoms with Gasteiger partial charge < -0.3 is 15.2 Å². The lowest BCUT2D eigenvalue weighted by molar-refractivity contribution is 0.0571. The van der Waals surface area contributed by atoms with Gasteiger partial charge in [-0.25, -0.2) is 23.5 Å². The van der Waals surface area contributed by atoms with Gasteiger partial charge in [-0.15, -0.1) is 15.7 Å². The number of thiazole rings is 1. The standard InChI is InChI=1S/C23H30N4O5S2/c1-22(2,3)32-21(29)27-34(31,17-12-24-19(33-17)23(4,5)30)26-20(28)25-18-15-8-6-7-13(15)11-14-9-10-16(14)18/h11-12,30H,6-10H2,1-5H3,(H2,25,26,27,28,29,31)/t34-/m1/s1. The topological polar surface area (TPSA) is 130 Å². The molecule has 0 saturated heterocycles. The van der Waals surface area contributed by atoms with Gasteiger partial charge in [-0.05, 0) is 89.0 Å². The predicted molar refractivity (Wildman–Crippen MR) is 130 cm³/mol. The first-order chi connectivity index (χ1) is 15.7. The number of fused-ring (bicyclic) bond motifs is 2. The maximum atomic E-state index is 13.9. The van der Waals surface area contributed by atoms with E-state index in [-0.39, 0.29) is 9.22 Å². The summed E-state index contributed by atoms with van der Waals surface area (Å²) in [5, 5.41) is 13.4. The Bertz CT molecular complexity index is 1280. The largest absolute Gasteiger partial charge is 0.443 e. The van der Waals surface area contributed by atoms with E-state index in [2.05, 4.69) is 25.5 Å². The highest BCUT2D eigenvalue weighted by molar-refractivity contribution is 7.94. The van der Waals surface area contributed by atoms with Crippen LogP contribution in [-0.4, -0.2) is 32.0 Å². The highest BCUT2D eigenvalue weighted by atomic mass is 32.2. The van der Waals surface area contributed by atoms with E-state index in [0.717, 1.165) is 60.3 Å². The average Bonchev–Trinajstić information content (AvgIpc) is 3.31. The number of anilines is 1. The van der Waals surface area contributed by atoms with Gasteiger partial charge in [0.2, 0.25) is 0 Å². The van der Waals surface area contributed by atoms with Crippen molar-refractivity contribution in [3.63, 3.8) is 0 Å². The molecule has 0 fully saturated rings. The molecule has 1 atom stereocenters. The number of carbonyl (C=O) groups is 2. The Labute approximate surface area is 203 Å². The number of benzene rings is 1. The molecular formula is C23H30N4O5S2. The first-order valence-electron chi connectivity index (χ1n) is 11.2. The molecule has 3 N–H and O–H groups in total. The van der Waals surface area contributed by atoms with Crippen molar-refractivity contribution in [3.8, 4) is 0 Å². The fourth-order valence-electron chi connectivity index (χ4n) is 4.04. The smallest absolute Gasteiger partial charge is 0.420 e. The highest BCUT2D eigenvalue weighted by Gasteiger charge is 2.30. The third-order valence-corrected chi connectivity index (χ3v) is 9.14. The number of nitrogens with one attached hydrogen (secondary N) is 2. The average molecular weight is 507 g/mol. The quantitative estimate of drug-likeness (QED) is 0.561. The van der Waals surface area contributed by atoms with Crippen LogP contribution in [0.15, 0.2) is 20.8 Å². The Morgan fingerprint density at radius 3 is 2.38 bits per heavy atom. The molecule has 0 bridgehead atoms. The molecule has 1 aromatic carbocycles. The second kappa shape index (κ2) is 8.62. The van der Waals surface area contributed by atoms with E-state index in [1.165, 1.54) is 31.2 Å². The van der Waals surface area contributed by atoms with Gasteiger partial charge in [0.25, 0.3) is 0 Å². The van der Waals surface area contributed by atoms with E-state index in [1.54, 1.807) is 20.8 Å². The molecular weight excluding hydrogens is 476 g/mol. The number of ether oxygens (including phenoxy) is 1. The number of hydrogen-bond donors (Lipinski definition) is 3. The summed E-state index contributed by atoms with van der Waals surface area (Å²) in [6.45, 7) is 8.09. The minimum atomic E-state index is -3.78. The summed E-state index contributed by atoms with van der Waals surface area (Å²) in [4.78, 5) is 29.6. The molecule has 0 radical (unpaired) electrons. The molecule has 9 nitrogen and oxygen atoms in total. The zero-order valence-electron chi connectivity index (χ0n) is 20.0. The molecule has 2 aromatic rings. The van der Waals surface area contributed by atoms with Crippen LogP contribution in [0.1, 0.15) is 68.3 Å². The molecule has 2 aliphatic rings. The van der Waals surface area contributed by atoms with Crippen molar-refractivity contribution in [1.29, 1.82) is 0 Å². The summed E-state index contributed by atoms with van der Waals surface area (Å²) < 4.78 is 25.3. The zero-order valence-corrected chi connectivity index (χ0v) is 21.6. The Hall–Kier alpha value is -2.50. The second-order valence-electron chi connectivity index (χ2n) is 10.1. The van der Waals surface area contributed by atoms with Crippen molar-refractivity contribution in [2.75, 3.05) is 5.32 Å². The molecule has 0 unspecified atom stereocenters. The van der Waals surface area contributed by atoms with Crippen molar-refractivity contribution in [1.82, 2.24) is 9.71 Å². The van der Waals surface area contributed by atoms with Crippen LogP contribution in [0, 0.1) is 0 Å². The van der Waals surface area contributed by atoms with Gasteiger partial charge in [0.15, 0.2) is 9.92 Å². The summed E-state index contributed by atoms with van der Waals surface area (Å²) >= 11 is 0.911. The number of nitrogens with zero attached hydrogens (tertiary/aromatic N) is 2. The number of hydrogen-bond acceptors (Lipinski definition) is 7. The SMILES string of the molecule is CC(C)(C)OC(=O)N[S@](=O)(=NC(=O)Nc1c2c(cc3c1CC3)CCC2)c1cnc(C(C)(C)O)s1. The maximum absolute atomic E-state index is 13.9. The Kier molecular flexibility index (Phi) is 6.24. The second-order valence-corrected chi connectivity index (χ2v) is 13.2. The molecule has 11 heteroatoms. The summed E-state index contributed by atoms with van der Waals surface area (Å²) in [7, 11) is -3.78. The highest BCUT2D eigenvalue weighted by Crippen LogP contribution is 2.40.